The van der Waals surface area contributed by atoms with Crippen molar-refractivity contribution < 1.29 is 9.90 Å². The van der Waals surface area contributed by atoms with Gasteiger partial charge in [0.1, 0.15) is 0 Å². The van der Waals surface area contributed by atoms with Crippen LogP contribution in [0.4, 0.5) is 4.79 Å². The SMILES string of the molecule is CC(C)CCCNC(=O)NCC(C)(C)CC(C)O. The topological polar surface area (TPSA) is 61.4 Å². The summed E-state index contributed by atoms with van der Waals surface area (Å²) in [6.07, 6.45) is 2.49. The highest BCUT2D eigenvalue weighted by atomic mass is 16.3. The van der Waals surface area contributed by atoms with E-state index in [4.69, 9.17) is 0 Å². The Balaban J connectivity index is 3.69. The van der Waals surface area contributed by atoms with Crippen molar-refractivity contribution in [2.75, 3.05) is 13.1 Å². The first kappa shape index (κ1) is 17.2. The van der Waals surface area contributed by atoms with Crippen LogP contribution in [-0.2, 0) is 0 Å². The first-order chi connectivity index (χ1) is 8.23. The van der Waals surface area contributed by atoms with Crippen molar-refractivity contribution in [1.29, 1.82) is 0 Å². The van der Waals surface area contributed by atoms with E-state index in [-0.39, 0.29) is 17.6 Å². The van der Waals surface area contributed by atoms with Crippen molar-refractivity contribution in [3.8, 4) is 0 Å². The second kappa shape index (κ2) is 8.35. The molecule has 1 atom stereocenters. The molecule has 4 heteroatoms. The van der Waals surface area contributed by atoms with Crippen molar-refractivity contribution in [2.45, 2.75) is 60.0 Å². The summed E-state index contributed by atoms with van der Waals surface area (Å²) in [7, 11) is 0. The predicted octanol–water partition coefficient (Wildman–Crippen LogP) is 2.52. The predicted molar refractivity (Wildman–Crippen MR) is 75.6 cm³/mol. The minimum atomic E-state index is -0.337. The van der Waals surface area contributed by atoms with Gasteiger partial charge in [0.2, 0.25) is 0 Å². The number of hydrogen-bond acceptors (Lipinski definition) is 2. The van der Waals surface area contributed by atoms with E-state index in [0.29, 0.717) is 18.9 Å². The molecule has 0 rings (SSSR count). The average molecular weight is 258 g/mol. The smallest absolute Gasteiger partial charge is 0.314 e. The molecule has 2 amide bonds. The second-order valence-corrected chi connectivity index (χ2v) is 6.36. The van der Waals surface area contributed by atoms with Crippen molar-refractivity contribution in [2.24, 2.45) is 11.3 Å². The molecule has 0 aromatic carbocycles. The summed E-state index contributed by atoms with van der Waals surface area (Å²) in [5.41, 5.74) is -0.0799. The van der Waals surface area contributed by atoms with Gasteiger partial charge in [-0.15, -0.1) is 0 Å². The Bertz CT molecular complexity index is 238. The minimum absolute atomic E-state index is 0.0799. The van der Waals surface area contributed by atoms with Gasteiger partial charge in [0.25, 0.3) is 0 Å². The number of rotatable bonds is 8. The number of nitrogens with one attached hydrogen (secondary N) is 2. The highest BCUT2D eigenvalue weighted by molar-refractivity contribution is 5.73. The van der Waals surface area contributed by atoms with Gasteiger partial charge in [-0.25, -0.2) is 4.79 Å². The summed E-state index contributed by atoms with van der Waals surface area (Å²) in [5, 5.41) is 15.1. The Labute approximate surface area is 112 Å². The van der Waals surface area contributed by atoms with Crippen molar-refractivity contribution >= 4 is 6.03 Å². The first-order valence-electron chi connectivity index (χ1n) is 6.93. The minimum Gasteiger partial charge on any atom is -0.393 e. The molecular formula is C14H30N2O2. The summed E-state index contributed by atoms with van der Waals surface area (Å²) in [6.45, 7) is 11.5. The lowest BCUT2D eigenvalue weighted by molar-refractivity contribution is 0.129. The fourth-order valence-electron chi connectivity index (χ4n) is 1.97. The third-order valence-corrected chi connectivity index (χ3v) is 2.82. The molecule has 18 heavy (non-hydrogen) atoms. The normalized spacial score (nSPS) is 13.5. The molecule has 1 unspecified atom stereocenters. The number of carbonyl (C=O) groups excluding carboxylic acids is 1. The first-order valence-corrected chi connectivity index (χ1v) is 6.93. The lowest BCUT2D eigenvalue weighted by atomic mass is 9.87. The average Bonchev–Trinajstić information content (AvgIpc) is 2.19. The van der Waals surface area contributed by atoms with Crippen molar-refractivity contribution in [1.82, 2.24) is 10.6 Å². The maximum absolute atomic E-state index is 11.5. The molecule has 0 spiro atoms. The Hall–Kier alpha value is -0.770. The Kier molecular flexibility index (Phi) is 8.00. The highest BCUT2D eigenvalue weighted by Gasteiger charge is 2.20. The van der Waals surface area contributed by atoms with Crippen LogP contribution in [0.1, 0.15) is 53.9 Å². The fourth-order valence-corrected chi connectivity index (χ4v) is 1.97. The van der Waals surface area contributed by atoms with Crippen molar-refractivity contribution in [3.63, 3.8) is 0 Å². The maximum atomic E-state index is 11.5. The highest BCUT2D eigenvalue weighted by Crippen LogP contribution is 2.20. The molecule has 0 fully saturated rings. The van der Waals surface area contributed by atoms with Gasteiger partial charge in [-0.2, -0.15) is 0 Å². The van der Waals surface area contributed by atoms with Gasteiger partial charge in [-0.1, -0.05) is 27.7 Å². The van der Waals surface area contributed by atoms with Gasteiger partial charge in [0.05, 0.1) is 6.10 Å². The second-order valence-electron chi connectivity index (χ2n) is 6.36. The van der Waals surface area contributed by atoms with E-state index in [0.717, 1.165) is 19.4 Å². The molecule has 0 aromatic rings. The molecule has 108 valence electrons. The molecule has 0 heterocycles. The van der Waals surface area contributed by atoms with Gasteiger partial charge < -0.3 is 15.7 Å². The molecule has 4 nitrogen and oxygen atoms in total. The molecule has 0 saturated heterocycles. The molecule has 0 aromatic heterocycles. The Morgan fingerprint density at radius 2 is 1.83 bits per heavy atom. The lowest BCUT2D eigenvalue weighted by Crippen LogP contribution is -2.41. The van der Waals surface area contributed by atoms with Crippen LogP contribution in [0.3, 0.4) is 0 Å². The molecular weight excluding hydrogens is 228 g/mol. The zero-order chi connectivity index (χ0) is 14.2. The summed E-state index contributed by atoms with van der Waals surface area (Å²) < 4.78 is 0. The monoisotopic (exact) mass is 258 g/mol. The van der Waals surface area contributed by atoms with Crippen LogP contribution in [0.5, 0.6) is 0 Å². The van der Waals surface area contributed by atoms with E-state index in [1.165, 1.54) is 0 Å². The number of aliphatic hydroxyl groups is 1. The summed E-state index contributed by atoms with van der Waals surface area (Å²) in [6, 6.07) is -0.113. The summed E-state index contributed by atoms with van der Waals surface area (Å²) in [4.78, 5) is 11.5. The lowest BCUT2D eigenvalue weighted by Gasteiger charge is -2.26. The van der Waals surface area contributed by atoms with Crippen LogP contribution in [0, 0.1) is 11.3 Å². The van der Waals surface area contributed by atoms with Crippen LogP contribution in [0.15, 0.2) is 0 Å². The van der Waals surface area contributed by atoms with E-state index >= 15 is 0 Å². The molecule has 0 aliphatic heterocycles. The van der Waals surface area contributed by atoms with E-state index in [1.807, 2.05) is 13.8 Å². The van der Waals surface area contributed by atoms with Gasteiger partial charge >= 0.3 is 6.03 Å². The molecule has 0 radical (unpaired) electrons. The molecule has 0 aliphatic rings. The number of hydrogen-bond donors (Lipinski definition) is 3. The zero-order valence-corrected chi connectivity index (χ0v) is 12.5. The fraction of sp³-hybridized carbons (Fsp3) is 0.929. The number of aliphatic hydroxyl groups excluding tert-OH is 1. The standard InChI is InChI=1S/C14H30N2O2/c1-11(2)7-6-8-15-13(18)16-10-14(4,5)9-12(3)17/h11-12,17H,6-10H2,1-5H3,(H2,15,16,18). The van der Waals surface area contributed by atoms with Crippen LogP contribution in [0.2, 0.25) is 0 Å². The Morgan fingerprint density at radius 1 is 1.22 bits per heavy atom. The summed E-state index contributed by atoms with van der Waals surface area (Å²) >= 11 is 0. The van der Waals surface area contributed by atoms with Gasteiger partial charge in [-0.3, -0.25) is 0 Å². The van der Waals surface area contributed by atoms with Gasteiger partial charge in [0, 0.05) is 13.1 Å². The number of amides is 2. The van der Waals surface area contributed by atoms with Gasteiger partial charge in [0.15, 0.2) is 0 Å². The van der Waals surface area contributed by atoms with Gasteiger partial charge in [-0.05, 0) is 37.5 Å². The number of carbonyl (C=O) groups is 1. The maximum Gasteiger partial charge on any atom is 0.314 e. The van der Waals surface area contributed by atoms with Crippen molar-refractivity contribution in [3.05, 3.63) is 0 Å². The summed E-state index contributed by atoms with van der Waals surface area (Å²) in [5.74, 6) is 0.680. The van der Waals surface area contributed by atoms with Crippen LogP contribution < -0.4 is 10.6 Å². The molecule has 0 saturated carbocycles. The Morgan fingerprint density at radius 3 is 2.33 bits per heavy atom. The molecule has 3 N–H and O–H groups in total. The van der Waals surface area contributed by atoms with E-state index in [9.17, 15) is 9.90 Å². The van der Waals surface area contributed by atoms with E-state index in [1.54, 1.807) is 6.92 Å². The van der Waals surface area contributed by atoms with E-state index < -0.39 is 0 Å². The zero-order valence-electron chi connectivity index (χ0n) is 12.5. The largest absolute Gasteiger partial charge is 0.393 e. The molecule has 0 bridgehead atoms. The van der Waals surface area contributed by atoms with E-state index in [2.05, 4.69) is 24.5 Å². The van der Waals surface area contributed by atoms with Crippen LogP contribution >= 0.6 is 0 Å². The third-order valence-electron chi connectivity index (χ3n) is 2.82. The molecule has 0 aliphatic carbocycles. The third kappa shape index (κ3) is 10.4. The van der Waals surface area contributed by atoms with Crippen LogP contribution in [-0.4, -0.2) is 30.3 Å². The number of urea groups is 1. The van der Waals surface area contributed by atoms with Crippen LogP contribution in [0.25, 0.3) is 0 Å². The quantitative estimate of drug-likeness (QED) is 0.586.